The largest absolute Gasteiger partial charge is 0.450 e. The molecule has 2 aromatic rings. The number of hydrogen-bond acceptors (Lipinski definition) is 7. The quantitative estimate of drug-likeness (QED) is 0.368. The first-order valence-electron chi connectivity index (χ1n) is 12.3. The SMILES string of the molecule is CN=c1ncc2cc(Oc3ccc(N(C(=O)C4(C(N)=O)CC4)c4ccc(F)cc4)cc3F)c3n(c-2n1)CCN3. The molecule has 0 spiro atoms. The van der Waals surface area contributed by atoms with Crippen LogP contribution in [0, 0.1) is 17.0 Å². The van der Waals surface area contributed by atoms with E-state index in [1.165, 1.54) is 41.3 Å². The van der Waals surface area contributed by atoms with Crippen molar-refractivity contribution in [3.8, 4) is 22.9 Å². The van der Waals surface area contributed by atoms with Crippen LogP contribution < -0.4 is 26.3 Å². The summed E-state index contributed by atoms with van der Waals surface area (Å²) in [6.45, 7) is 1.26. The Morgan fingerprint density at radius 3 is 2.51 bits per heavy atom. The number of nitrogens with one attached hydrogen (secondary N) is 1. The average molecular weight is 532 g/mol. The van der Waals surface area contributed by atoms with E-state index in [0.717, 1.165) is 6.07 Å². The smallest absolute Gasteiger partial charge is 0.247 e. The summed E-state index contributed by atoms with van der Waals surface area (Å²) in [5.74, 6) is -1.01. The van der Waals surface area contributed by atoms with Crippen LogP contribution in [0.25, 0.3) is 11.4 Å². The fraction of sp³-hybridized carbons (Fsp3) is 0.222. The second kappa shape index (κ2) is 9.15. The summed E-state index contributed by atoms with van der Waals surface area (Å²) in [7, 11) is 1.61. The highest BCUT2D eigenvalue weighted by atomic mass is 19.1. The summed E-state index contributed by atoms with van der Waals surface area (Å²) < 4.78 is 37.0. The lowest BCUT2D eigenvalue weighted by Gasteiger charge is -2.27. The molecule has 198 valence electrons. The van der Waals surface area contributed by atoms with E-state index in [4.69, 9.17) is 10.5 Å². The number of nitrogens with two attached hydrogens (primary N) is 1. The molecular formula is C27H23F2N7O3. The predicted octanol–water partition coefficient (Wildman–Crippen LogP) is 3.34. The number of hydrogen-bond donors (Lipinski definition) is 2. The maximum absolute atomic E-state index is 15.5. The molecule has 4 aliphatic rings. The van der Waals surface area contributed by atoms with Crippen molar-refractivity contribution < 1.29 is 23.1 Å². The third-order valence-corrected chi connectivity index (χ3v) is 6.97. The van der Waals surface area contributed by atoms with Crippen LogP contribution in [0.15, 0.2) is 59.7 Å². The molecule has 0 unspecified atom stereocenters. The van der Waals surface area contributed by atoms with Crippen LogP contribution in [0.5, 0.6) is 11.5 Å². The van der Waals surface area contributed by atoms with Gasteiger partial charge in [0.15, 0.2) is 23.1 Å². The number of nitrogens with zero attached hydrogens (tertiary/aromatic N) is 5. The molecule has 0 atom stereocenters. The number of anilines is 3. The molecule has 12 heteroatoms. The van der Waals surface area contributed by atoms with E-state index in [1.807, 2.05) is 4.57 Å². The number of primary amides is 1. The Morgan fingerprint density at radius 1 is 1.10 bits per heavy atom. The van der Waals surface area contributed by atoms with Gasteiger partial charge in [0.1, 0.15) is 17.1 Å². The Hall–Kier alpha value is -4.87. The number of carbonyl (C=O) groups is 2. The molecule has 3 N–H and O–H groups in total. The van der Waals surface area contributed by atoms with Gasteiger partial charge in [-0.2, -0.15) is 4.98 Å². The van der Waals surface area contributed by atoms with E-state index < -0.39 is 28.9 Å². The summed E-state index contributed by atoms with van der Waals surface area (Å²) in [6, 6.07) is 10.9. The number of fused-ring (bicyclic) bond motifs is 3. The molecule has 0 radical (unpaired) electrons. The van der Waals surface area contributed by atoms with Crippen LogP contribution in [0.4, 0.5) is 26.0 Å². The van der Waals surface area contributed by atoms with Crippen molar-refractivity contribution in [1.29, 1.82) is 0 Å². The normalized spacial score (nSPS) is 15.5. The van der Waals surface area contributed by atoms with E-state index in [1.54, 1.807) is 19.3 Å². The molecule has 1 aliphatic carbocycles. The molecule has 39 heavy (non-hydrogen) atoms. The minimum absolute atomic E-state index is 0.0850. The van der Waals surface area contributed by atoms with Gasteiger partial charge in [0, 0.05) is 43.7 Å². The molecule has 1 fully saturated rings. The van der Waals surface area contributed by atoms with Crippen molar-refractivity contribution >= 4 is 29.0 Å². The van der Waals surface area contributed by atoms with Crippen molar-refractivity contribution in [2.75, 3.05) is 23.8 Å². The number of aromatic nitrogens is 3. The van der Waals surface area contributed by atoms with Gasteiger partial charge in [0.05, 0.1) is 5.69 Å². The van der Waals surface area contributed by atoms with Crippen LogP contribution in [-0.4, -0.2) is 39.9 Å². The van der Waals surface area contributed by atoms with E-state index in [9.17, 15) is 14.0 Å². The number of ether oxygens (including phenoxy) is 1. The zero-order valence-corrected chi connectivity index (χ0v) is 20.8. The lowest BCUT2D eigenvalue weighted by Crippen LogP contribution is -2.41. The predicted molar refractivity (Wildman–Crippen MR) is 138 cm³/mol. The van der Waals surface area contributed by atoms with Crippen molar-refractivity contribution in [1.82, 2.24) is 14.5 Å². The molecule has 2 aromatic carbocycles. The van der Waals surface area contributed by atoms with Gasteiger partial charge in [-0.15, -0.1) is 0 Å². The van der Waals surface area contributed by atoms with Gasteiger partial charge in [-0.3, -0.25) is 19.5 Å². The molecule has 1 saturated carbocycles. The molecule has 0 aromatic heterocycles. The monoisotopic (exact) mass is 531 g/mol. The van der Waals surface area contributed by atoms with Crippen molar-refractivity contribution in [2.24, 2.45) is 16.1 Å². The first-order chi connectivity index (χ1) is 18.8. The fourth-order valence-corrected chi connectivity index (χ4v) is 4.72. The second-order valence-electron chi connectivity index (χ2n) is 9.39. The summed E-state index contributed by atoms with van der Waals surface area (Å²) >= 11 is 0. The molecule has 0 bridgehead atoms. The average Bonchev–Trinajstić information content (AvgIpc) is 3.61. The van der Waals surface area contributed by atoms with Crippen LogP contribution in [-0.2, 0) is 16.1 Å². The Bertz CT molecular complexity index is 1670. The Morgan fingerprint density at radius 2 is 1.85 bits per heavy atom. The number of carbonyl (C=O) groups excluding carboxylic acids is 2. The molecule has 3 heterocycles. The standard InChI is InChI=1S/C27H23F2N7O3/c1-31-26-33-14-15-12-21(23-32-10-11-35(23)22(15)34-26)39-20-7-6-18(13-19(20)29)36(17-4-2-16(28)3-5-17)25(38)27(8-9-27)24(30)37/h2-7,12-14,32H,8-11H2,1H3,(H2,30,37). The second-order valence-corrected chi connectivity index (χ2v) is 9.39. The third kappa shape index (κ3) is 4.13. The van der Waals surface area contributed by atoms with Crippen molar-refractivity contribution in [3.63, 3.8) is 0 Å². The zero-order valence-electron chi connectivity index (χ0n) is 20.8. The number of rotatable bonds is 6. The van der Waals surface area contributed by atoms with Gasteiger partial charge < -0.3 is 20.4 Å². The maximum Gasteiger partial charge on any atom is 0.247 e. The topological polar surface area (TPSA) is 128 Å². The highest BCUT2D eigenvalue weighted by Crippen LogP contribution is 2.49. The summed E-state index contributed by atoms with van der Waals surface area (Å²) in [5.41, 5.74) is 5.61. The number of pyridine rings is 1. The maximum atomic E-state index is 15.5. The van der Waals surface area contributed by atoms with Gasteiger partial charge in [-0.25, -0.2) is 13.8 Å². The zero-order chi connectivity index (χ0) is 27.3. The number of halogens is 2. The van der Waals surface area contributed by atoms with Crippen LogP contribution in [0.1, 0.15) is 12.8 Å². The van der Waals surface area contributed by atoms with Crippen LogP contribution in [0.3, 0.4) is 0 Å². The van der Waals surface area contributed by atoms with Gasteiger partial charge in [0.25, 0.3) is 0 Å². The lowest BCUT2D eigenvalue weighted by molar-refractivity contribution is -0.133. The molecular weight excluding hydrogens is 508 g/mol. The van der Waals surface area contributed by atoms with Crippen LogP contribution >= 0.6 is 0 Å². The van der Waals surface area contributed by atoms with Crippen LogP contribution in [0.2, 0.25) is 0 Å². The highest BCUT2D eigenvalue weighted by molar-refractivity contribution is 6.16. The van der Waals surface area contributed by atoms with Gasteiger partial charge in [-0.1, -0.05) is 0 Å². The molecule has 6 rings (SSSR count). The molecule has 3 aliphatic heterocycles. The van der Waals surface area contributed by atoms with Gasteiger partial charge >= 0.3 is 0 Å². The van der Waals surface area contributed by atoms with E-state index in [0.29, 0.717) is 41.7 Å². The number of benzene rings is 2. The summed E-state index contributed by atoms with van der Waals surface area (Å²) in [4.78, 5) is 39.5. The fourth-order valence-electron chi connectivity index (χ4n) is 4.72. The van der Waals surface area contributed by atoms with Gasteiger partial charge in [-0.05, 0) is 55.3 Å². The summed E-state index contributed by atoms with van der Waals surface area (Å²) in [5, 5.41) is 3.24. The van der Waals surface area contributed by atoms with E-state index >= 15 is 4.39 Å². The minimum Gasteiger partial charge on any atom is -0.450 e. The molecule has 0 saturated heterocycles. The lowest BCUT2D eigenvalue weighted by atomic mass is 10.0. The number of amides is 2. The Balaban J connectivity index is 1.38. The van der Waals surface area contributed by atoms with Gasteiger partial charge in [0.2, 0.25) is 17.4 Å². The highest BCUT2D eigenvalue weighted by Gasteiger charge is 2.57. The first kappa shape index (κ1) is 24.5. The molecule has 2 amide bonds. The Kier molecular flexibility index (Phi) is 5.74. The first-order valence-corrected chi connectivity index (χ1v) is 12.3. The minimum atomic E-state index is -1.37. The molecule has 10 nitrogen and oxygen atoms in total. The van der Waals surface area contributed by atoms with Crippen molar-refractivity contribution in [2.45, 2.75) is 19.4 Å². The van der Waals surface area contributed by atoms with Crippen molar-refractivity contribution in [3.05, 3.63) is 72.0 Å². The van der Waals surface area contributed by atoms with E-state index in [2.05, 4.69) is 20.3 Å². The third-order valence-electron chi connectivity index (χ3n) is 6.97. The van der Waals surface area contributed by atoms with E-state index in [-0.39, 0.29) is 30.0 Å². The summed E-state index contributed by atoms with van der Waals surface area (Å²) in [6.07, 6.45) is 2.21. The Labute approximate surface area is 221 Å².